The van der Waals surface area contributed by atoms with Crippen LogP contribution in [0.15, 0.2) is 187 Å². The molecule has 0 atom stereocenters. The van der Waals surface area contributed by atoms with Gasteiger partial charge in [0.25, 0.3) is 17.7 Å². The van der Waals surface area contributed by atoms with Crippen molar-refractivity contribution in [2.45, 2.75) is 98.0 Å². The van der Waals surface area contributed by atoms with Gasteiger partial charge >= 0.3 is 24.3 Å². The fourth-order valence-electron chi connectivity index (χ4n) is 10.3. The number of methoxy groups -OCH3 is 2. The van der Waals surface area contributed by atoms with Gasteiger partial charge in [-0.05, 0) is 172 Å². The summed E-state index contributed by atoms with van der Waals surface area (Å²) in [5.74, 6) is -2.82. The first kappa shape index (κ1) is 76.3. The Kier molecular flexibility index (Phi) is 24.8. The number of carbonyl (C=O) groups is 6. The molecule has 4 N–H and O–H groups in total. The molecule has 25 heteroatoms. The second kappa shape index (κ2) is 33.1. The molecule has 1 heterocycles. The minimum atomic E-state index is -4.69. The maximum Gasteiger partial charge on any atom is 0.416 e. The average molecular weight is 1400 g/mol. The third-order valence-electron chi connectivity index (χ3n) is 15.2. The number of hydrogen-bond acceptors (Lipinski definition) is 15. The number of nitrogens with one attached hydrogen (secondary N) is 3. The third-order valence-corrected chi connectivity index (χ3v) is 15.2. The first-order valence-corrected chi connectivity index (χ1v) is 31.8. The van der Waals surface area contributed by atoms with Gasteiger partial charge in [0, 0.05) is 46.7 Å². The summed E-state index contributed by atoms with van der Waals surface area (Å²) in [6, 6.07) is 48.3. The summed E-state index contributed by atoms with van der Waals surface area (Å²) in [5, 5.41) is 26.2. The molecular weight excluding hydrogens is 1330 g/mol. The number of esters is 2. The Balaban J connectivity index is 0.000000269. The summed E-state index contributed by atoms with van der Waals surface area (Å²) in [6.45, 7) is 11.3. The highest BCUT2D eigenvalue weighted by Crippen LogP contribution is 2.37. The highest BCUT2D eigenvalue weighted by molar-refractivity contribution is 6.00. The van der Waals surface area contributed by atoms with E-state index in [1.54, 1.807) is 90.1 Å². The molecule has 9 rings (SSSR count). The van der Waals surface area contributed by atoms with Gasteiger partial charge in [0.05, 0.1) is 50.5 Å². The normalized spacial score (nSPS) is 11.5. The molecule has 19 nitrogen and oxygen atoms in total. The van der Waals surface area contributed by atoms with E-state index in [-0.39, 0.29) is 77.0 Å². The van der Waals surface area contributed by atoms with Gasteiger partial charge in [0.1, 0.15) is 35.8 Å². The van der Waals surface area contributed by atoms with Crippen LogP contribution in [-0.4, -0.2) is 111 Å². The van der Waals surface area contributed by atoms with Crippen LogP contribution in [0.1, 0.15) is 107 Å². The summed E-state index contributed by atoms with van der Waals surface area (Å²) in [6.07, 6.45) is -10.4. The van der Waals surface area contributed by atoms with Gasteiger partial charge < -0.3 is 54.4 Å². The summed E-state index contributed by atoms with van der Waals surface area (Å²) >= 11 is 0. The number of carbonyl (C=O) groups excluding carboxylic acids is 6. The maximum atomic E-state index is 13.8. The molecule has 0 bridgehead atoms. The van der Waals surface area contributed by atoms with E-state index in [1.165, 1.54) is 102 Å². The van der Waals surface area contributed by atoms with Crippen molar-refractivity contribution in [1.82, 2.24) is 19.9 Å². The monoisotopic (exact) mass is 1400 g/mol. The van der Waals surface area contributed by atoms with Crippen LogP contribution >= 0.6 is 0 Å². The Morgan fingerprint density at radius 1 is 0.500 bits per heavy atom. The van der Waals surface area contributed by atoms with Gasteiger partial charge in [-0.2, -0.15) is 31.3 Å². The standard InChI is InChI=1S/C45H41F3N4O6.C32H34F3N3O6/c1-28-6-10-30(11-7-28)31-14-16-33(17-15-31)42-50-41(51-58-42)32-12-8-29(9-13-32)26-52(27-40(54)57-44(2,3)4)43(55)34-18-21-36(22-19-34)49-39(53)24-35-20-23-37(56-5)25-38(35)45(46,47)48;1-31(2,3)44-29(41)18-38(17-20-5-7-21(8-6-20)27(36)19-39)30(42)22-9-12-24(13-10-22)37-28(40)15-23-11-14-25(43-4)16-26(23)32(33,34)35/h6-23,25H,24,26-27H2,1-5H3,(H,49,53);5-14,16,36,39H,15,17-19H2,1-4H3,(H,37,40). The van der Waals surface area contributed by atoms with Crippen LogP contribution in [0.25, 0.3) is 34.0 Å². The van der Waals surface area contributed by atoms with Gasteiger partial charge in [-0.3, -0.25) is 28.8 Å². The number of ether oxygens (including phenoxy) is 4. The number of halogens is 6. The minimum Gasteiger partial charge on any atom is -0.497 e. The van der Waals surface area contributed by atoms with Crippen LogP contribution in [0.2, 0.25) is 0 Å². The molecule has 0 fully saturated rings. The van der Waals surface area contributed by atoms with E-state index >= 15 is 0 Å². The predicted molar refractivity (Wildman–Crippen MR) is 370 cm³/mol. The fraction of sp³-hybridized carbons (Fsp3) is 0.260. The first-order valence-electron chi connectivity index (χ1n) is 31.8. The molecule has 0 unspecified atom stereocenters. The van der Waals surface area contributed by atoms with Crippen LogP contribution < -0.4 is 20.1 Å². The van der Waals surface area contributed by atoms with Crippen LogP contribution in [0, 0.1) is 12.3 Å². The molecular formula is C77H75F6N7O12. The second-order valence-electron chi connectivity index (χ2n) is 25.5. The zero-order valence-corrected chi connectivity index (χ0v) is 57.3. The number of anilines is 2. The molecule has 0 aliphatic carbocycles. The van der Waals surface area contributed by atoms with Gasteiger partial charge in [-0.15, -0.1) is 0 Å². The van der Waals surface area contributed by atoms with Crippen molar-refractivity contribution >= 4 is 52.7 Å². The summed E-state index contributed by atoms with van der Waals surface area (Å²) in [7, 11) is 2.50. The van der Waals surface area contributed by atoms with Crippen molar-refractivity contribution in [3.8, 4) is 45.5 Å². The van der Waals surface area contributed by atoms with Gasteiger partial charge in [0.15, 0.2) is 0 Å². The van der Waals surface area contributed by atoms with E-state index < -0.39 is 89.7 Å². The lowest BCUT2D eigenvalue weighted by atomic mass is 10.0. The van der Waals surface area contributed by atoms with Crippen molar-refractivity contribution in [1.29, 1.82) is 5.41 Å². The lowest BCUT2D eigenvalue weighted by molar-refractivity contribution is -0.156. The maximum absolute atomic E-state index is 13.8. The topological polar surface area (TPSA) is 253 Å². The van der Waals surface area contributed by atoms with Crippen molar-refractivity contribution < 1.29 is 83.7 Å². The van der Waals surface area contributed by atoms with Gasteiger partial charge in [-0.1, -0.05) is 108 Å². The number of benzene rings is 8. The zero-order valence-electron chi connectivity index (χ0n) is 57.3. The number of aliphatic hydroxyl groups is 1. The number of rotatable bonds is 23. The van der Waals surface area contributed by atoms with E-state index in [0.29, 0.717) is 34.0 Å². The molecule has 532 valence electrons. The van der Waals surface area contributed by atoms with E-state index in [0.717, 1.165) is 28.8 Å². The number of alkyl halides is 6. The first-order chi connectivity index (χ1) is 48.1. The Morgan fingerprint density at radius 3 is 1.25 bits per heavy atom. The molecule has 0 spiro atoms. The molecule has 0 aliphatic rings. The fourth-order valence-corrected chi connectivity index (χ4v) is 10.3. The molecule has 4 amide bonds. The molecule has 0 saturated heterocycles. The number of aliphatic hydroxyl groups excluding tert-OH is 1. The van der Waals surface area contributed by atoms with Crippen LogP contribution in [-0.2, 0) is 66.9 Å². The number of nitrogens with zero attached hydrogens (tertiary/aromatic N) is 4. The molecule has 8 aromatic carbocycles. The Morgan fingerprint density at radius 2 is 0.873 bits per heavy atom. The molecule has 0 radical (unpaired) electrons. The molecule has 9 aromatic rings. The SMILES string of the molecule is COc1ccc(CC(=O)Nc2ccc(C(=O)N(CC(=O)OC(C)(C)C)Cc3ccc(-c4noc(-c5ccc(-c6ccc(C)cc6)cc5)n4)cc3)cc2)c(C(F)(F)F)c1.COc1ccc(CC(=O)Nc2ccc(C(=O)N(CC(=O)OC(C)(C)C)Cc3ccc(C(=N)CO)cc3)cc2)c(C(F)(F)F)c1. The number of amides is 4. The Labute approximate surface area is 584 Å². The lowest BCUT2D eigenvalue weighted by Crippen LogP contribution is -2.38. The predicted octanol–water partition coefficient (Wildman–Crippen LogP) is 14.8. The summed E-state index contributed by atoms with van der Waals surface area (Å²) in [5.41, 5.74) is 3.71. The van der Waals surface area contributed by atoms with E-state index in [2.05, 4.69) is 45.0 Å². The van der Waals surface area contributed by atoms with E-state index in [9.17, 15) is 60.2 Å². The van der Waals surface area contributed by atoms with Crippen LogP contribution in [0.4, 0.5) is 37.7 Å². The minimum absolute atomic E-state index is 0.0154. The highest BCUT2D eigenvalue weighted by atomic mass is 19.4. The molecule has 102 heavy (non-hydrogen) atoms. The Bertz CT molecular complexity index is 4440. The number of hydrogen-bond donors (Lipinski definition) is 4. The Hall–Kier alpha value is -11.5. The van der Waals surface area contributed by atoms with E-state index in [1.807, 2.05) is 31.2 Å². The van der Waals surface area contributed by atoms with Crippen LogP contribution in [0.5, 0.6) is 11.5 Å². The molecule has 1 aromatic heterocycles. The lowest BCUT2D eigenvalue weighted by Gasteiger charge is -2.25. The quantitative estimate of drug-likeness (QED) is 0.0264. The smallest absolute Gasteiger partial charge is 0.416 e. The van der Waals surface area contributed by atoms with Crippen molar-refractivity contribution in [3.63, 3.8) is 0 Å². The third kappa shape index (κ3) is 22.0. The number of aromatic nitrogens is 2. The van der Waals surface area contributed by atoms with Crippen molar-refractivity contribution in [2.75, 3.05) is 44.5 Å². The second-order valence-corrected chi connectivity index (χ2v) is 25.5. The largest absolute Gasteiger partial charge is 0.497 e. The van der Waals surface area contributed by atoms with E-state index in [4.69, 9.17) is 28.9 Å². The summed E-state index contributed by atoms with van der Waals surface area (Å²) in [4.78, 5) is 85.5. The van der Waals surface area contributed by atoms with Crippen LogP contribution in [0.3, 0.4) is 0 Å². The van der Waals surface area contributed by atoms with Crippen molar-refractivity contribution in [2.24, 2.45) is 0 Å². The average Bonchev–Trinajstić information content (AvgIpc) is 0.999. The zero-order chi connectivity index (χ0) is 74.3. The van der Waals surface area contributed by atoms with Gasteiger partial charge in [0.2, 0.25) is 17.6 Å². The van der Waals surface area contributed by atoms with Crippen molar-refractivity contribution in [3.05, 3.63) is 238 Å². The molecule has 0 aliphatic heterocycles. The number of aryl methyl sites for hydroxylation is 1. The highest BCUT2D eigenvalue weighted by Gasteiger charge is 2.36. The summed E-state index contributed by atoms with van der Waals surface area (Å²) < 4.78 is 108. The molecule has 0 saturated carbocycles. The van der Waals surface area contributed by atoms with Gasteiger partial charge in [-0.25, -0.2) is 0 Å².